The Morgan fingerprint density at radius 2 is 2.15 bits per heavy atom. The third-order valence-corrected chi connectivity index (χ3v) is 2.05. The van der Waals surface area contributed by atoms with Crippen molar-refractivity contribution < 1.29 is 15.3 Å². The van der Waals surface area contributed by atoms with Gasteiger partial charge < -0.3 is 9.99 Å². The minimum Gasteiger partial charge on any atom is -0.389 e. The molecule has 0 heterocycles. The molecule has 0 aliphatic carbocycles. The van der Waals surface area contributed by atoms with E-state index in [4.69, 9.17) is 5.26 Å². The van der Waals surface area contributed by atoms with Crippen LogP contribution in [0.1, 0.15) is 31.1 Å². The Morgan fingerprint density at radius 3 is 2.62 bits per heavy atom. The second kappa shape index (κ2) is 4.25. The SMILES string of the molecule is CCc1cccc(OO)c1C(C)O. The Balaban J connectivity index is 3.21. The molecule has 0 aliphatic rings. The van der Waals surface area contributed by atoms with Crippen LogP contribution in [0.25, 0.3) is 0 Å². The summed E-state index contributed by atoms with van der Waals surface area (Å²) in [7, 11) is 0. The minimum absolute atomic E-state index is 0.328. The van der Waals surface area contributed by atoms with Gasteiger partial charge in [0, 0.05) is 5.56 Å². The van der Waals surface area contributed by atoms with E-state index in [2.05, 4.69) is 4.89 Å². The maximum atomic E-state index is 9.46. The molecule has 72 valence electrons. The summed E-state index contributed by atoms with van der Waals surface area (Å²) in [5.41, 5.74) is 1.65. The van der Waals surface area contributed by atoms with Gasteiger partial charge in [-0.1, -0.05) is 19.1 Å². The summed E-state index contributed by atoms with van der Waals surface area (Å²) in [6.07, 6.45) is 0.176. The van der Waals surface area contributed by atoms with Crippen LogP contribution < -0.4 is 4.89 Å². The number of hydrogen-bond acceptors (Lipinski definition) is 3. The van der Waals surface area contributed by atoms with Crippen molar-refractivity contribution in [2.75, 3.05) is 0 Å². The Bertz CT molecular complexity index is 259. The van der Waals surface area contributed by atoms with Crippen LogP contribution in [0.5, 0.6) is 5.75 Å². The first kappa shape index (κ1) is 10.0. The molecular weight excluding hydrogens is 168 g/mol. The lowest BCUT2D eigenvalue weighted by molar-refractivity contribution is -0.139. The van der Waals surface area contributed by atoms with Crippen LogP contribution >= 0.6 is 0 Å². The average molecular weight is 182 g/mol. The first-order valence-corrected chi connectivity index (χ1v) is 4.32. The number of aryl methyl sites for hydroxylation is 1. The van der Waals surface area contributed by atoms with Gasteiger partial charge in [-0.3, -0.25) is 0 Å². The van der Waals surface area contributed by atoms with Crippen LogP contribution in [0.3, 0.4) is 0 Å². The molecule has 0 aromatic heterocycles. The van der Waals surface area contributed by atoms with Crippen LogP contribution in [0.15, 0.2) is 18.2 Å². The molecule has 2 N–H and O–H groups in total. The zero-order valence-electron chi connectivity index (χ0n) is 7.82. The van der Waals surface area contributed by atoms with Crippen LogP contribution in [0.2, 0.25) is 0 Å². The maximum Gasteiger partial charge on any atom is 0.171 e. The summed E-state index contributed by atoms with van der Waals surface area (Å²) in [5, 5.41) is 18.0. The first-order chi connectivity index (χ1) is 6.20. The molecule has 0 radical (unpaired) electrons. The van der Waals surface area contributed by atoms with E-state index in [-0.39, 0.29) is 0 Å². The number of hydrogen-bond donors (Lipinski definition) is 2. The lowest BCUT2D eigenvalue weighted by Crippen LogP contribution is -2.01. The van der Waals surface area contributed by atoms with Crippen molar-refractivity contribution in [2.24, 2.45) is 0 Å². The van der Waals surface area contributed by atoms with Crippen molar-refractivity contribution in [3.8, 4) is 5.75 Å². The molecule has 13 heavy (non-hydrogen) atoms. The number of aliphatic hydroxyl groups excluding tert-OH is 1. The van der Waals surface area contributed by atoms with Crippen LogP contribution in [-0.2, 0) is 6.42 Å². The van der Waals surface area contributed by atoms with E-state index in [1.54, 1.807) is 19.1 Å². The van der Waals surface area contributed by atoms with Crippen LogP contribution in [0.4, 0.5) is 0 Å². The molecule has 0 saturated carbocycles. The Labute approximate surface area is 77.5 Å². The molecule has 1 aromatic carbocycles. The van der Waals surface area contributed by atoms with Gasteiger partial charge in [-0.2, -0.15) is 0 Å². The maximum absolute atomic E-state index is 9.46. The van der Waals surface area contributed by atoms with Gasteiger partial charge in [0.05, 0.1) is 6.10 Å². The first-order valence-electron chi connectivity index (χ1n) is 4.32. The van der Waals surface area contributed by atoms with Gasteiger partial charge in [0.15, 0.2) is 5.75 Å². The Morgan fingerprint density at radius 1 is 1.46 bits per heavy atom. The molecule has 1 rings (SSSR count). The Kier molecular flexibility index (Phi) is 3.28. The van der Waals surface area contributed by atoms with Crippen LogP contribution in [-0.4, -0.2) is 10.4 Å². The van der Waals surface area contributed by atoms with Crippen molar-refractivity contribution in [3.05, 3.63) is 29.3 Å². The van der Waals surface area contributed by atoms with Gasteiger partial charge >= 0.3 is 0 Å². The van der Waals surface area contributed by atoms with Crippen molar-refractivity contribution in [2.45, 2.75) is 26.4 Å². The van der Waals surface area contributed by atoms with E-state index < -0.39 is 6.10 Å². The topological polar surface area (TPSA) is 49.7 Å². The van der Waals surface area contributed by atoms with Crippen molar-refractivity contribution in [1.29, 1.82) is 0 Å². The highest BCUT2D eigenvalue weighted by atomic mass is 17.1. The molecule has 0 fully saturated rings. The molecule has 1 unspecified atom stereocenters. The molecule has 0 bridgehead atoms. The molecule has 0 saturated heterocycles. The fourth-order valence-corrected chi connectivity index (χ4v) is 1.45. The lowest BCUT2D eigenvalue weighted by Gasteiger charge is -2.13. The predicted octanol–water partition coefficient (Wildman–Crippen LogP) is 2.15. The molecule has 0 aliphatic heterocycles. The fraction of sp³-hybridized carbons (Fsp3) is 0.400. The summed E-state index contributed by atoms with van der Waals surface area (Å²) >= 11 is 0. The number of aliphatic hydroxyl groups is 1. The average Bonchev–Trinajstić information content (AvgIpc) is 2.16. The quantitative estimate of drug-likeness (QED) is 0.556. The largest absolute Gasteiger partial charge is 0.389 e. The second-order valence-corrected chi connectivity index (χ2v) is 2.95. The van der Waals surface area contributed by atoms with Crippen molar-refractivity contribution >= 4 is 0 Å². The zero-order valence-corrected chi connectivity index (χ0v) is 7.82. The third-order valence-electron chi connectivity index (χ3n) is 2.05. The molecule has 1 aromatic rings. The number of benzene rings is 1. The van der Waals surface area contributed by atoms with E-state index in [1.165, 1.54) is 0 Å². The normalized spacial score (nSPS) is 12.6. The summed E-state index contributed by atoms with van der Waals surface area (Å²) in [6, 6.07) is 5.32. The van der Waals surface area contributed by atoms with Gasteiger partial charge in [0.25, 0.3) is 0 Å². The standard InChI is InChI=1S/C10H14O3/c1-3-8-5-4-6-9(13-12)10(8)7(2)11/h4-7,11-12H,3H2,1-2H3. The fourth-order valence-electron chi connectivity index (χ4n) is 1.45. The van der Waals surface area contributed by atoms with Crippen molar-refractivity contribution in [3.63, 3.8) is 0 Å². The summed E-state index contributed by atoms with van der Waals surface area (Å²) < 4.78 is 0. The highest BCUT2D eigenvalue weighted by molar-refractivity contribution is 5.41. The van der Waals surface area contributed by atoms with Gasteiger partial charge in [-0.05, 0) is 25.0 Å². The molecular formula is C10H14O3. The second-order valence-electron chi connectivity index (χ2n) is 2.95. The van der Waals surface area contributed by atoms with Gasteiger partial charge in [-0.15, -0.1) is 0 Å². The van der Waals surface area contributed by atoms with Gasteiger partial charge in [0.2, 0.25) is 0 Å². The van der Waals surface area contributed by atoms with Gasteiger partial charge in [0.1, 0.15) is 0 Å². The summed E-state index contributed by atoms with van der Waals surface area (Å²) in [4.78, 5) is 4.19. The smallest absolute Gasteiger partial charge is 0.171 e. The van der Waals surface area contributed by atoms with Gasteiger partial charge in [-0.25, -0.2) is 5.26 Å². The molecule has 3 nitrogen and oxygen atoms in total. The van der Waals surface area contributed by atoms with E-state index in [9.17, 15) is 5.11 Å². The Hall–Kier alpha value is -1.06. The van der Waals surface area contributed by atoms with E-state index in [0.717, 1.165) is 12.0 Å². The third kappa shape index (κ3) is 1.99. The highest BCUT2D eigenvalue weighted by Gasteiger charge is 2.13. The van der Waals surface area contributed by atoms with E-state index in [1.807, 2.05) is 13.0 Å². The molecule has 1 atom stereocenters. The van der Waals surface area contributed by atoms with Crippen LogP contribution in [0, 0.1) is 0 Å². The zero-order chi connectivity index (χ0) is 9.84. The summed E-state index contributed by atoms with van der Waals surface area (Å²) in [6.45, 7) is 3.64. The van der Waals surface area contributed by atoms with Crippen molar-refractivity contribution in [1.82, 2.24) is 0 Å². The molecule has 0 amide bonds. The predicted molar refractivity (Wildman–Crippen MR) is 49.7 cm³/mol. The van der Waals surface area contributed by atoms with E-state index in [0.29, 0.717) is 11.3 Å². The minimum atomic E-state index is -0.627. The lowest BCUT2D eigenvalue weighted by atomic mass is 10.0. The highest BCUT2D eigenvalue weighted by Crippen LogP contribution is 2.28. The monoisotopic (exact) mass is 182 g/mol. The molecule has 0 spiro atoms. The van der Waals surface area contributed by atoms with E-state index >= 15 is 0 Å². The number of rotatable bonds is 3. The summed E-state index contributed by atoms with van der Waals surface area (Å²) in [5.74, 6) is 0.328. The molecule has 3 heteroatoms.